The first-order chi connectivity index (χ1) is 9.49. The molecule has 0 fully saturated rings. The van der Waals surface area contributed by atoms with E-state index in [1.807, 2.05) is 0 Å². The fourth-order valence-electron chi connectivity index (χ4n) is 2.39. The Labute approximate surface area is 133 Å². The molecule has 2 nitrogen and oxygen atoms in total. The Hall–Kier alpha value is -0.540. The standard InChI is InChI=1S/C17H29BrN2/c1-6-10-19-14(4)16-11-15(18)8-9-17(16)20(5)12-13(3)7-2/h8-9,11,13-14,19H,6-7,10,12H2,1-5H3. The SMILES string of the molecule is CCCNC(C)c1cc(Br)ccc1N(C)CC(C)CC. The molecule has 0 aliphatic heterocycles. The minimum absolute atomic E-state index is 0.377. The first-order valence-corrected chi connectivity index (χ1v) is 8.52. The third kappa shape index (κ3) is 5.10. The molecule has 2 unspecified atom stereocenters. The second-order valence-electron chi connectivity index (χ2n) is 5.77. The summed E-state index contributed by atoms with van der Waals surface area (Å²) in [6.07, 6.45) is 2.39. The van der Waals surface area contributed by atoms with Gasteiger partial charge in [0.1, 0.15) is 0 Å². The Morgan fingerprint density at radius 3 is 2.55 bits per heavy atom. The van der Waals surface area contributed by atoms with E-state index in [0.29, 0.717) is 6.04 Å². The molecule has 1 aromatic rings. The fourth-order valence-corrected chi connectivity index (χ4v) is 2.76. The molecule has 1 N–H and O–H groups in total. The van der Waals surface area contributed by atoms with Crippen LogP contribution in [0.15, 0.2) is 22.7 Å². The summed E-state index contributed by atoms with van der Waals surface area (Å²) in [4.78, 5) is 2.39. The lowest BCUT2D eigenvalue weighted by Gasteiger charge is -2.28. The highest BCUT2D eigenvalue weighted by molar-refractivity contribution is 9.10. The first-order valence-electron chi connectivity index (χ1n) is 7.73. The van der Waals surface area contributed by atoms with Gasteiger partial charge in [-0.25, -0.2) is 0 Å². The second kappa shape index (κ2) is 8.68. The molecule has 0 aromatic heterocycles. The number of halogens is 1. The maximum atomic E-state index is 3.60. The Kier molecular flexibility index (Phi) is 7.60. The lowest BCUT2D eigenvalue weighted by molar-refractivity contribution is 0.549. The highest BCUT2D eigenvalue weighted by atomic mass is 79.9. The van der Waals surface area contributed by atoms with E-state index in [9.17, 15) is 0 Å². The van der Waals surface area contributed by atoms with Gasteiger partial charge in [-0.2, -0.15) is 0 Å². The molecule has 0 radical (unpaired) electrons. The van der Waals surface area contributed by atoms with Gasteiger partial charge in [0.15, 0.2) is 0 Å². The molecule has 0 saturated carbocycles. The van der Waals surface area contributed by atoms with Crippen LogP contribution < -0.4 is 10.2 Å². The van der Waals surface area contributed by atoms with Crippen molar-refractivity contribution in [1.82, 2.24) is 5.32 Å². The summed E-state index contributed by atoms with van der Waals surface area (Å²) >= 11 is 3.60. The normalized spacial score (nSPS) is 14.1. The summed E-state index contributed by atoms with van der Waals surface area (Å²) in [5.41, 5.74) is 2.71. The van der Waals surface area contributed by atoms with Gasteiger partial charge in [-0.3, -0.25) is 0 Å². The molecule has 1 aromatic carbocycles. The average Bonchev–Trinajstić information content (AvgIpc) is 2.44. The zero-order valence-electron chi connectivity index (χ0n) is 13.5. The molecule has 0 aliphatic carbocycles. The van der Waals surface area contributed by atoms with Gasteiger partial charge in [0.2, 0.25) is 0 Å². The molecule has 2 atom stereocenters. The van der Waals surface area contributed by atoms with Gasteiger partial charge in [-0.1, -0.05) is 43.1 Å². The maximum Gasteiger partial charge on any atom is 0.0412 e. The zero-order valence-corrected chi connectivity index (χ0v) is 15.1. The number of benzene rings is 1. The monoisotopic (exact) mass is 340 g/mol. The maximum absolute atomic E-state index is 3.60. The molecule has 0 heterocycles. The van der Waals surface area contributed by atoms with Crippen LogP contribution in [0.2, 0.25) is 0 Å². The van der Waals surface area contributed by atoms with Crippen LogP contribution in [-0.2, 0) is 0 Å². The Balaban J connectivity index is 2.94. The van der Waals surface area contributed by atoms with Crippen LogP contribution >= 0.6 is 15.9 Å². The van der Waals surface area contributed by atoms with Gasteiger partial charge in [0.05, 0.1) is 0 Å². The highest BCUT2D eigenvalue weighted by Gasteiger charge is 2.15. The largest absolute Gasteiger partial charge is 0.374 e. The lowest BCUT2D eigenvalue weighted by Crippen LogP contribution is -2.27. The molecule has 20 heavy (non-hydrogen) atoms. The molecule has 114 valence electrons. The predicted octanol–water partition coefficient (Wildman–Crippen LogP) is 4.99. The summed E-state index contributed by atoms with van der Waals surface area (Å²) in [5, 5.41) is 3.59. The summed E-state index contributed by atoms with van der Waals surface area (Å²) < 4.78 is 1.15. The Bertz CT molecular complexity index is 406. The minimum Gasteiger partial charge on any atom is -0.374 e. The molecule has 0 saturated heterocycles. The van der Waals surface area contributed by atoms with Crippen molar-refractivity contribution in [2.24, 2.45) is 5.92 Å². The number of hydrogen-bond acceptors (Lipinski definition) is 2. The van der Waals surface area contributed by atoms with Gasteiger partial charge < -0.3 is 10.2 Å². The molecule has 1 rings (SSSR count). The smallest absolute Gasteiger partial charge is 0.0412 e. The molecule has 0 bridgehead atoms. The van der Waals surface area contributed by atoms with Crippen LogP contribution in [0.5, 0.6) is 0 Å². The van der Waals surface area contributed by atoms with E-state index in [2.05, 4.69) is 79.1 Å². The third-order valence-electron chi connectivity index (χ3n) is 3.85. The number of nitrogens with one attached hydrogen (secondary N) is 1. The zero-order chi connectivity index (χ0) is 15.1. The van der Waals surface area contributed by atoms with E-state index in [1.54, 1.807) is 0 Å². The average molecular weight is 341 g/mol. The lowest BCUT2D eigenvalue weighted by atomic mass is 10.0. The minimum atomic E-state index is 0.377. The Morgan fingerprint density at radius 1 is 1.25 bits per heavy atom. The van der Waals surface area contributed by atoms with Gasteiger partial charge >= 0.3 is 0 Å². The van der Waals surface area contributed by atoms with Crippen molar-refractivity contribution in [3.05, 3.63) is 28.2 Å². The summed E-state index contributed by atoms with van der Waals surface area (Å²) in [7, 11) is 2.20. The van der Waals surface area contributed by atoms with E-state index in [4.69, 9.17) is 0 Å². The highest BCUT2D eigenvalue weighted by Crippen LogP contribution is 2.29. The number of rotatable bonds is 8. The van der Waals surface area contributed by atoms with Crippen LogP contribution in [0, 0.1) is 5.92 Å². The molecule has 0 amide bonds. The quantitative estimate of drug-likeness (QED) is 0.716. The van der Waals surface area contributed by atoms with E-state index >= 15 is 0 Å². The van der Waals surface area contributed by atoms with Crippen molar-refractivity contribution in [2.75, 3.05) is 25.0 Å². The van der Waals surface area contributed by atoms with Crippen molar-refractivity contribution < 1.29 is 0 Å². The number of anilines is 1. The van der Waals surface area contributed by atoms with Gasteiger partial charge in [-0.05, 0) is 49.6 Å². The predicted molar refractivity (Wildman–Crippen MR) is 93.6 cm³/mol. The molecule has 0 spiro atoms. The third-order valence-corrected chi connectivity index (χ3v) is 4.34. The van der Waals surface area contributed by atoms with Gasteiger partial charge in [-0.15, -0.1) is 0 Å². The van der Waals surface area contributed by atoms with Crippen molar-refractivity contribution in [2.45, 2.75) is 46.6 Å². The van der Waals surface area contributed by atoms with E-state index in [0.717, 1.165) is 29.9 Å². The number of hydrogen-bond donors (Lipinski definition) is 1. The van der Waals surface area contributed by atoms with Crippen LogP contribution in [0.25, 0.3) is 0 Å². The number of nitrogens with zero attached hydrogens (tertiary/aromatic N) is 1. The van der Waals surface area contributed by atoms with Crippen molar-refractivity contribution in [3.8, 4) is 0 Å². The first kappa shape index (κ1) is 17.5. The van der Waals surface area contributed by atoms with Crippen LogP contribution in [0.1, 0.15) is 52.1 Å². The molecular formula is C17H29BrN2. The molecule has 0 aliphatic rings. The van der Waals surface area contributed by atoms with E-state index in [1.165, 1.54) is 17.7 Å². The second-order valence-corrected chi connectivity index (χ2v) is 6.69. The van der Waals surface area contributed by atoms with Crippen LogP contribution in [-0.4, -0.2) is 20.1 Å². The Morgan fingerprint density at radius 2 is 1.95 bits per heavy atom. The fraction of sp³-hybridized carbons (Fsp3) is 0.647. The molecular weight excluding hydrogens is 312 g/mol. The van der Waals surface area contributed by atoms with Crippen LogP contribution in [0.3, 0.4) is 0 Å². The molecule has 3 heteroatoms. The topological polar surface area (TPSA) is 15.3 Å². The van der Waals surface area contributed by atoms with Gasteiger partial charge in [0.25, 0.3) is 0 Å². The van der Waals surface area contributed by atoms with Crippen molar-refractivity contribution in [1.29, 1.82) is 0 Å². The van der Waals surface area contributed by atoms with Crippen molar-refractivity contribution >= 4 is 21.6 Å². The van der Waals surface area contributed by atoms with E-state index in [-0.39, 0.29) is 0 Å². The van der Waals surface area contributed by atoms with E-state index < -0.39 is 0 Å². The summed E-state index contributed by atoms with van der Waals surface area (Å²) in [5.74, 6) is 0.718. The van der Waals surface area contributed by atoms with Crippen molar-refractivity contribution in [3.63, 3.8) is 0 Å². The summed E-state index contributed by atoms with van der Waals surface area (Å²) in [6, 6.07) is 6.99. The summed E-state index contributed by atoms with van der Waals surface area (Å²) in [6.45, 7) is 11.2. The van der Waals surface area contributed by atoms with Crippen LogP contribution in [0.4, 0.5) is 5.69 Å². The van der Waals surface area contributed by atoms with Gasteiger partial charge in [0, 0.05) is 29.8 Å².